The van der Waals surface area contributed by atoms with Crippen LogP contribution in [0.5, 0.6) is 0 Å². The van der Waals surface area contributed by atoms with E-state index in [1.54, 1.807) is 18.5 Å². The number of thiocarbonyl (C=S) groups is 1. The fraction of sp³-hybridized carbons (Fsp3) is 0.286. The maximum Gasteiger partial charge on any atom is 0.416 e. The average Bonchev–Trinajstić information content (AvgIpc) is 3.35. The molecule has 5 rings (SSSR count). The van der Waals surface area contributed by atoms with E-state index in [9.17, 15) is 13.2 Å². The minimum atomic E-state index is -4.38. The Morgan fingerprint density at radius 3 is 2.44 bits per heavy atom. The van der Waals surface area contributed by atoms with Gasteiger partial charge >= 0.3 is 6.18 Å². The topological polar surface area (TPSA) is 33.1 Å². The molecular weight excluding hydrogens is 481 g/mol. The van der Waals surface area contributed by atoms with E-state index in [1.807, 2.05) is 16.7 Å². The van der Waals surface area contributed by atoms with Crippen LogP contribution in [0.2, 0.25) is 0 Å². The highest BCUT2D eigenvalue weighted by Gasteiger charge is 2.33. The maximum atomic E-state index is 13.5. The summed E-state index contributed by atoms with van der Waals surface area (Å²) in [6.07, 6.45) is 0.749. The second kappa shape index (κ2) is 10.3. The number of alkyl halides is 3. The van der Waals surface area contributed by atoms with Crippen LogP contribution in [0, 0.1) is 0 Å². The fourth-order valence-electron chi connectivity index (χ4n) is 5.00. The molecular formula is C28H27F3N4S. The minimum Gasteiger partial charge on any atom is -0.358 e. The van der Waals surface area contributed by atoms with Crippen molar-refractivity contribution in [2.75, 3.05) is 13.1 Å². The Morgan fingerprint density at radius 2 is 1.64 bits per heavy atom. The number of likely N-dealkylation sites (tertiary alicyclic amines) is 1. The van der Waals surface area contributed by atoms with Gasteiger partial charge in [-0.1, -0.05) is 60.7 Å². The molecule has 0 bridgehead atoms. The average molecular weight is 509 g/mol. The molecule has 0 saturated carbocycles. The second-order valence-corrected chi connectivity index (χ2v) is 9.51. The van der Waals surface area contributed by atoms with Crippen LogP contribution < -0.4 is 5.32 Å². The van der Waals surface area contributed by atoms with E-state index in [2.05, 4.69) is 45.5 Å². The molecule has 36 heavy (non-hydrogen) atoms. The number of imidazole rings is 1. The number of rotatable bonds is 5. The molecule has 0 radical (unpaired) electrons. The van der Waals surface area contributed by atoms with Crippen molar-refractivity contribution in [2.24, 2.45) is 0 Å². The molecule has 2 heterocycles. The molecule has 1 aromatic heterocycles. The number of nitrogens with one attached hydrogen (secondary N) is 1. The molecule has 8 heteroatoms. The Hall–Kier alpha value is -3.39. The van der Waals surface area contributed by atoms with Crippen molar-refractivity contribution >= 4 is 28.1 Å². The lowest BCUT2D eigenvalue weighted by Crippen LogP contribution is -2.43. The fourth-order valence-corrected chi connectivity index (χ4v) is 5.26. The summed E-state index contributed by atoms with van der Waals surface area (Å²) < 4.78 is 42.2. The SMILES string of the molecule is FC(F)(F)c1ccccc1Cn1ccnc1C1CCN(C(=S)NCc2cccc3ccccc23)CC1. The number of nitrogens with zero attached hydrogens (tertiary/aromatic N) is 3. The molecule has 3 aromatic carbocycles. The standard InChI is InChI=1S/C28H27F3N4S/c29-28(30,31)25-11-4-2-7-23(25)19-35-17-14-32-26(35)21-12-15-34(16-13-21)27(36)33-18-22-9-5-8-20-6-1-3-10-24(20)22/h1-11,14,17,21H,12-13,15-16,18-19H2,(H,33,36). The first-order chi connectivity index (χ1) is 17.4. The lowest BCUT2D eigenvalue weighted by Gasteiger charge is -2.34. The van der Waals surface area contributed by atoms with E-state index in [-0.39, 0.29) is 18.0 Å². The van der Waals surface area contributed by atoms with Crippen LogP contribution in [0.1, 0.15) is 41.3 Å². The Kier molecular flexibility index (Phi) is 6.96. The number of fused-ring (bicyclic) bond motifs is 1. The van der Waals surface area contributed by atoms with Crippen molar-refractivity contribution in [3.05, 3.63) is 102 Å². The Labute approximate surface area is 213 Å². The highest BCUT2D eigenvalue weighted by atomic mass is 32.1. The molecule has 0 aliphatic carbocycles. The van der Waals surface area contributed by atoms with Gasteiger partial charge in [-0.15, -0.1) is 0 Å². The summed E-state index contributed by atoms with van der Waals surface area (Å²) in [6, 6.07) is 20.3. The van der Waals surface area contributed by atoms with E-state index in [4.69, 9.17) is 12.2 Å². The van der Waals surface area contributed by atoms with Gasteiger partial charge in [0.2, 0.25) is 0 Å². The number of halogens is 3. The number of piperidine rings is 1. The summed E-state index contributed by atoms with van der Waals surface area (Å²) in [5.74, 6) is 1.01. The van der Waals surface area contributed by atoms with E-state index in [0.29, 0.717) is 6.54 Å². The molecule has 1 N–H and O–H groups in total. The van der Waals surface area contributed by atoms with Crippen molar-refractivity contribution in [3.63, 3.8) is 0 Å². The summed E-state index contributed by atoms with van der Waals surface area (Å²) in [4.78, 5) is 6.69. The van der Waals surface area contributed by atoms with Crippen LogP contribution in [-0.2, 0) is 19.3 Å². The van der Waals surface area contributed by atoms with Gasteiger partial charge in [0.15, 0.2) is 5.11 Å². The molecule has 4 nitrogen and oxygen atoms in total. The predicted octanol–water partition coefficient (Wildman–Crippen LogP) is 6.36. The van der Waals surface area contributed by atoms with Gasteiger partial charge in [-0.3, -0.25) is 0 Å². The summed E-state index contributed by atoms with van der Waals surface area (Å²) in [5.41, 5.74) is 0.856. The highest BCUT2D eigenvalue weighted by Crippen LogP contribution is 2.33. The van der Waals surface area contributed by atoms with Gasteiger partial charge in [0.05, 0.1) is 5.56 Å². The minimum absolute atomic E-state index is 0.149. The molecule has 186 valence electrons. The molecule has 1 saturated heterocycles. The number of aromatic nitrogens is 2. The van der Waals surface area contributed by atoms with Gasteiger partial charge < -0.3 is 14.8 Å². The molecule has 0 spiro atoms. The van der Waals surface area contributed by atoms with E-state index >= 15 is 0 Å². The van der Waals surface area contributed by atoms with Crippen LogP contribution in [0.25, 0.3) is 10.8 Å². The van der Waals surface area contributed by atoms with E-state index < -0.39 is 11.7 Å². The van der Waals surface area contributed by atoms with Gasteiger partial charge in [-0.25, -0.2) is 4.98 Å². The predicted molar refractivity (Wildman–Crippen MR) is 140 cm³/mol. The van der Waals surface area contributed by atoms with Crippen molar-refractivity contribution in [1.29, 1.82) is 0 Å². The first-order valence-corrected chi connectivity index (χ1v) is 12.5. The maximum absolute atomic E-state index is 13.5. The molecule has 0 unspecified atom stereocenters. The highest BCUT2D eigenvalue weighted by molar-refractivity contribution is 7.80. The molecule has 1 aliphatic heterocycles. The van der Waals surface area contributed by atoms with E-state index in [0.717, 1.165) is 42.9 Å². The first kappa shape index (κ1) is 24.3. The lowest BCUT2D eigenvalue weighted by molar-refractivity contribution is -0.138. The number of benzene rings is 3. The first-order valence-electron chi connectivity index (χ1n) is 12.1. The van der Waals surface area contributed by atoms with Gasteiger partial charge in [-0.2, -0.15) is 13.2 Å². The molecule has 0 atom stereocenters. The van der Waals surface area contributed by atoms with Crippen LogP contribution in [-0.4, -0.2) is 32.7 Å². The molecule has 4 aromatic rings. The second-order valence-electron chi connectivity index (χ2n) is 9.13. The summed E-state index contributed by atoms with van der Waals surface area (Å²) in [6.45, 7) is 2.36. The zero-order valence-corrected chi connectivity index (χ0v) is 20.5. The Balaban J connectivity index is 1.20. The molecule has 0 amide bonds. The molecule has 1 fully saturated rings. The monoisotopic (exact) mass is 508 g/mol. The third-order valence-electron chi connectivity index (χ3n) is 6.87. The van der Waals surface area contributed by atoms with Crippen LogP contribution in [0.15, 0.2) is 79.1 Å². The molecule has 1 aliphatic rings. The largest absolute Gasteiger partial charge is 0.416 e. The van der Waals surface area contributed by atoms with Gasteiger partial charge in [0, 0.05) is 44.5 Å². The Bertz CT molecular complexity index is 1350. The summed E-state index contributed by atoms with van der Waals surface area (Å²) in [5, 5.41) is 6.55. The smallest absolute Gasteiger partial charge is 0.358 e. The van der Waals surface area contributed by atoms with E-state index in [1.165, 1.54) is 28.5 Å². The normalized spacial score (nSPS) is 14.8. The van der Waals surface area contributed by atoms with Crippen LogP contribution in [0.3, 0.4) is 0 Å². The van der Waals surface area contributed by atoms with Gasteiger partial charge in [0.1, 0.15) is 5.82 Å². The van der Waals surface area contributed by atoms with Gasteiger partial charge in [-0.05, 0) is 53.0 Å². The Morgan fingerprint density at radius 1 is 0.944 bits per heavy atom. The quantitative estimate of drug-likeness (QED) is 0.318. The number of hydrogen-bond acceptors (Lipinski definition) is 2. The number of hydrogen-bond donors (Lipinski definition) is 1. The van der Waals surface area contributed by atoms with Crippen molar-refractivity contribution in [1.82, 2.24) is 19.8 Å². The summed E-state index contributed by atoms with van der Waals surface area (Å²) in [7, 11) is 0. The third-order valence-corrected chi connectivity index (χ3v) is 7.27. The zero-order valence-electron chi connectivity index (χ0n) is 19.7. The lowest BCUT2D eigenvalue weighted by atomic mass is 9.96. The zero-order chi connectivity index (χ0) is 25.1. The van der Waals surface area contributed by atoms with Crippen molar-refractivity contribution in [2.45, 2.75) is 38.0 Å². The van der Waals surface area contributed by atoms with Gasteiger partial charge in [0.25, 0.3) is 0 Å². The van der Waals surface area contributed by atoms with Crippen LogP contribution in [0.4, 0.5) is 13.2 Å². The third kappa shape index (κ3) is 5.23. The van der Waals surface area contributed by atoms with Crippen LogP contribution >= 0.6 is 12.2 Å². The summed E-state index contributed by atoms with van der Waals surface area (Å²) >= 11 is 5.68. The van der Waals surface area contributed by atoms with Crippen molar-refractivity contribution in [3.8, 4) is 0 Å². The van der Waals surface area contributed by atoms with Crippen molar-refractivity contribution < 1.29 is 13.2 Å².